The summed E-state index contributed by atoms with van der Waals surface area (Å²) in [4.78, 5) is 24.9. The van der Waals surface area contributed by atoms with Crippen molar-refractivity contribution in [2.45, 2.75) is 12.7 Å². The molecule has 0 bridgehead atoms. The van der Waals surface area contributed by atoms with Crippen molar-refractivity contribution in [1.82, 2.24) is 9.55 Å². The molecule has 1 N–H and O–H groups in total. The van der Waals surface area contributed by atoms with Gasteiger partial charge in [0, 0.05) is 16.8 Å². The predicted octanol–water partition coefficient (Wildman–Crippen LogP) is 4.82. The van der Waals surface area contributed by atoms with Crippen LogP contribution in [-0.2, 0) is 12.7 Å². The summed E-state index contributed by atoms with van der Waals surface area (Å²) in [6.07, 6.45) is -4.68. The molecule has 0 radical (unpaired) electrons. The van der Waals surface area contributed by atoms with Crippen LogP contribution in [-0.4, -0.2) is 9.55 Å². The normalized spacial score (nSPS) is 11.3. The molecule has 31 heavy (non-hydrogen) atoms. The molecule has 0 saturated carbocycles. The van der Waals surface area contributed by atoms with Gasteiger partial charge < -0.3 is 4.74 Å². The molecule has 0 aliphatic carbocycles. The average Bonchev–Trinajstić information content (AvgIpc) is 2.67. The molecular formula is C19H9BrClF4N3O3. The maximum absolute atomic E-state index is 15.1. The number of hydrogen-bond acceptors (Lipinski definition) is 4. The number of nitrogens with one attached hydrogen (secondary N) is 1. The highest BCUT2D eigenvalue weighted by Gasteiger charge is 2.35. The summed E-state index contributed by atoms with van der Waals surface area (Å²) in [5.41, 5.74) is -4.36. The van der Waals surface area contributed by atoms with E-state index < -0.39 is 35.4 Å². The van der Waals surface area contributed by atoms with Crippen LogP contribution in [0.4, 0.5) is 17.6 Å². The SMILES string of the molecule is N#Cc1cc(Cl)cc(Oc2c(Br)ccc(Cn3cc(C(F)(F)F)c(=O)[nH]c3=O)c2F)c1. The lowest BCUT2D eigenvalue weighted by Crippen LogP contribution is -2.35. The van der Waals surface area contributed by atoms with Crippen molar-refractivity contribution in [3.05, 3.63) is 89.4 Å². The molecule has 0 saturated heterocycles. The molecule has 0 atom stereocenters. The van der Waals surface area contributed by atoms with E-state index in [2.05, 4.69) is 15.9 Å². The van der Waals surface area contributed by atoms with Gasteiger partial charge in [0.2, 0.25) is 0 Å². The van der Waals surface area contributed by atoms with Crippen molar-refractivity contribution in [3.8, 4) is 17.6 Å². The second-order valence-electron chi connectivity index (χ2n) is 6.17. The van der Waals surface area contributed by atoms with Crippen LogP contribution in [0.3, 0.4) is 0 Å². The highest BCUT2D eigenvalue weighted by molar-refractivity contribution is 9.10. The van der Waals surface area contributed by atoms with E-state index in [1.165, 1.54) is 30.3 Å². The van der Waals surface area contributed by atoms with Gasteiger partial charge in [0.1, 0.15) is 11.3 Å². The monoisotopic (exact) mass is 517 g/mol. The van der Waals surface area contributed by atoms with Crippen molar-refractivity contribution in [3.63, 3.8) is 0 Å². The van der Waals surface area contributed by atoms with Crippen molar-refractivity contribution >= 4 is 27.5 Å². The number of ether oxygens (including phenoxy) is 1. The Morgan fingerprint density at radius 1 is 1.23 bits per heavy atom. The van der Waals surface area contributed by atoms with Crippen LogP contribution in [0.5, 0.6) is 11.5 Å². The van der Waals surface area contributed by atoms with Crippen molar-refractivity contribution < 1.29 is 22.3 Å². The molecule has 0 unspecified atom stereocenters. The van der Waals surface area contributed by atoms with Gasteiger partial charge in [-0.1, -0.05) is 17.7 Å². The Kier molecular flexibility index (Phi) is 6.24. The smallest absolute Gasteiger partial charge is 0.423 e. The van der Waals surface area contributed by atoms with Crippen molar-refractivity contribution in [1.29, 1.82) is 5.26 Å². The lowest BCUT2D eigenvalue weighted by Gasteiger charge is -2.14. The van der Waals surface area contributed by atoms with Gasteiger partial charge in [0.05, 0.1) is 22.7 Å². The van der Waals surface area contributed by atoms with Crippen LogP contribution in [0.2, 0.25) is 5.02 Å². The minimum Gasteiger partial charge on any atom is -0.453 e. The number of aromatic nitrogens is 2. The average molecular weight is 519 g/mol. The van der Waals surface area contributed by atoms with E-state index in [4.69, 9.17) is 21.6 Å². The Morgan fingerprint density at radius 3 is 2.58 bits per heavy atom. The number of alkyl halides is 3. The molecule has 6 nitrogen and oxygen atoms in total. The van der Waals surface area contributed by atoms with Crippen LogP contribution in [0.25, 0.3) is 0 Å². The van der Waals surface area contributed by atoms with Crippen molar-refractivity contribution in [2.75, 3.05) is 0 Å². The first-order valence-corrected chi connectivity index (χ1v) is 9.43. The zero-order valence-electron chi connectivity index (χ0n) is 15.1. The zero-order valence-corrected chi connectivity index (χ0v) is 17.4. The van der Waals surface area contributed by atoms with Gasteiger partial charge in [0.15, 0.2) is 11.6 Å². The van der Waals surface area contributed by atoms with Gasteiger partial charge in [-0.15, -0.1) is 0 Å². The fourth-order valence-electron chi connectivity index (χ4n) is 2.61. The molecule has 12 heteroatoms. The summed E-state index contributed by atoms with van der Waals surface area (Å²) >= 11 is 9.01. The third kappa shape index (κ3) is 4.98. The van der Waals surface area contributed by atoms with E-state index in [1.54, 1.807) is 4.98 Å². The number of benzene rings is 2. The lowest BCUT2D eigenvalue weighted by molar-refractivity contribution is -0.139. The topological polar surface area (TPSA) is 87.9 Å². The van der Waals surface area contributed by atoms with Crippen LogP contribution in [0.15, 0.2) is 50.6 Å². The number of rotatable bonds is 4. The first-order chi connectivity index (χ1) is 14.5. The zero-order chi connectivity index (χ0) is 22.9. The largest absolute Gasteiger partial charge is 0.453 e. The van der Waals surface area contributed by atoms with Crippen LogP contribution in [0.1, 0.15) is 16.7 Å². The summed E-state index contributed by atoms with van der Waals surface area (Å²) in [5.74, 6) is -1.27. The third-order valence-corrected chi connectivity index (χ3v) is 4.85. The molecule has 1 heterocycles. The number of H-pyrrole nitrogens is 1. The number of nitriles is 1. The first-order valence-electron chi connectivity index (χ1n) is 8.26. The minimum absolute atomic E-state index is 0.0429. The molecule has 2 aromatic carbocycles. The van der Waals surface area contributed by atoms with Gasteiger partial charge in [0.25, 0.3) is 5.56 Å². The molecule has 3 rings (SSSR count). The summed E-state index contributed by atoms with van der Waals surface area (Å²) < 4.78 is 60.1. The summed E-state index contributed by atoms with van der Waals surface area (Å²) in [5, 5.41) is 9.18. The minimum atomic E-state index is -5.00. The highest BCUT2D eigenvalue weighted by Crippen LogP contribution is 2.35. The van der Waals surface area contributed by atoms with Gasteiger partial charge in [-0.05, 0) is 40.2 Å². The second kappa shape index (κ2) is 8.56. The fourth-order valence-corrected chi connectivity index (χ4v) is 3.22. The molecule has 0 fully saturated rings. The first kappa shape index (κ1) is 22.6. The lowest BCUT2D eigenvalue weighted by atomic mass is 10.2. The maximum Gasteiger partial charge on any atom is 0.423 e. The van der Waals surface area contributed by atoms with E-state index in [9.17, 15) is 22.8 Å². The van der Waals surface area contributed by atoms with Crippen LogP contribution < -0.4 is 16.0 Å². The molecule has 3 aromatic rings. The Bertz CT molecular complexity index is 1330. The Balaban J connectivity index is 2.03. The van der Waals surface area contributed by atoms with Gasteiger partial charge in [-0.2, -0.15) is 18.4 Å². The second-order valence-corrected chi connectivity index (χ2v) is 7.46. The van der Waals surface area contributed by atoms with Crippen molar-refractivity contribution in [2.24, 2.45) is 0 Å². The van der Waals surface area contributed by atoms with E-state index in [0.717, 1.165) is 0 Å². The summed E-state index contributed by atoms with van der Waals surface area (Å²) in [7, 11) is 0. The number of aromatic amines is 1. The van der Waals surface area contributed by atoms with Crippen LogP contribution in [0, 0.1) is 17.1 Å². The highest BCUT2D eigenvalue weighted by atomic mass is 79.9. The molecule has 0 aliphatic heterocycles. The number of hydrogen-bond donors (Lipinski definition) is 1. The van der Waals surface area contributed by atoms with Gasteiger partial charge in [-0.25, -0.2) is 9.18 Å². The maximum atomic E-state index is 15.1. The number of halogens is 6. The predicted molar refractivity (Wildman–Crippen MR) is 106 cm³/mol. The Labute approximate surface area is 184 Å². The number of nitrogens with zero attached hydrogens (tertiary/aromatic N) is 2. The van der Waals surface area contributed by atoms with Gasteiger partial charge >= 0.3 is 11.9 Å². The Morgan fingerprint density at radius 2 is 1.94 bits per heavy atom. The molecule has 0 aliphatic rings. The summed E-state index contributed by atoms with van der Waals surface area (Å²) in [6, 6.07) is 8.48. The van der Waals surface area contributed by atoms with Gasteiger partial charge in [-0.3, -0.25) is 14.3 Å². The van der Waals surface area contributed by atoms with E-state index in [0.29, 0.717) is 10.8 Å². The third-order valence-electron chi connectivity index (χ3n) is 4.01. The molecule has 1 aromatic heterocycles. The quantitative estimate of drug-likeness (QED) is 0.502. The molecular weight excluding hydrogens is 510 g/mol. The fraction of sp³-hybridized carbons (Fsp3) is 0.105. The van der Waals surface area contributed by atoms with E-state index in [-0.39, 0.29) is 32.1 Å². The Hall–Kier alpha value is -3.10. The summed E-state index contributed by atoms with van der Waals surface area (Å²) in [6.45, 7) is -0.618. The van der Waals surface area contributed by atoms with E-state index in [1.807, 2.05) is 6.07 Å². The van der Waals surface area contributed by atoms with Crippen LogP contribution >= 0.6 is 27.5 Å². The molecule has 0 spiro atoms. The molecule has 0 amide bonds. The van der Waals surface area contributed by atoms with E-state index >= 15 is 4.39 Å². The standard InChI is InChI=1S/C19H9BrClF4N3O3/c20-14-2-1-10(7-28-8-13(19(23,24)25)17(29)27-18(28)30)15(22)16(14)31-12-4-9(6-26)3-11(21)5-12/h1-5,8H,7H2,(H,27,29,30). The molecule has 160 valence electrons.